The van der Waals surface area contributed by atoms with Crippen molar-refractivity contribution in [3.63, 3.8) is 0 Å². The van der Waals surface area contributed by atoms with Gasteiger partial charge in [-0.3, -0.25) is 20.4 Å². The summed E-state index contributed by atoms with van der Waals surface area (Å²) < 4.78 is 41.4. The van der Waals surface area contributed by atoms with Crippen LogP contribution >= 0.6 is 23.2 Å². The number of hydrogen-bond donors (Lipinski definition) is 2. The fraction of sp³-hybridized carbons (Fsp3) is 0.0556. The molecule has 2 amide bonds. The van der Waals surface area contributed by atoms with Crippen molar-refractivity contribution in [3.8, 4) is 5.69 Å². The molecule has 150 valence electrons. The highest BCUT2D eigenvalue weighted by Gasteiger charge is 2.40. The van der Waals surface area contributed by atoms with Crippen LogP contribution in [0.3, 0.4) is 0 Å². The molecule has 0 aliphatic rings. The number of rotatable bonds is 3. The largest absolute Gasteiger partial charge is 0.434 e. The fourth-order valence-corrected chi connectivity index (χ4v) is 2.67. The summed E-state index contributed by atoms with van der Waals surface area (Å²) in [6.45, 7) is 0. The molecule has 0 atom stereocenters. The molecular formula is C18H11Cl2F3N4O2. The second-order valence-corrected chi connectivity index (χ2v) is 6.58. The molecule has 0 saturated carbocycles. The Morgan fingerprint density at radius 3 is 1.93 bits per heavy atom. The number of hydrogen-bond acceptors (Lipinski definition) is 3. The topological polar surface area (TPSA) is 76.0 Å². The smallest absolute Gasteiger partial charge is 0.267 e. The van der Waals surface area contributed by atoms with Crippen molar-refractivity contribution in [2.75, 3.05) is 0 Å². The van der Waals surface area contributed by atoms with Gasteiger partial charge < -0.3 is 0 Å². The van der Waals surface area contributed by atoms with E-state index in [4.69, 9.17) is 23.2 Å². The van der Waals surface area contributed by atoms with Gasteiger partial charge >= 0.3 is 6.18 Å². The van der Waals surface area contributed by atoms with Crippen molar-refractivity contribution < 1.29 is 22.8 Å². The second kappa shape index (κ2) is 8.14. The summed E-state index contributed by atoms with van der Waals surface area (Å²) >= 11 is 11.5. The van der Waals surface area contributed by atoms with E-state index in [0.717, 1.165) is 6.20 Å². The highest BCUT2D eigenvalue weighted by Crippen LogP contribution is 2.33. The molecule has 1 heterocycles. The third kappa shape index (κ3) is 4.69. The quantitative estimate of drug-likeness (QED) is 0.594. The van der Waals surface area contributed by atoms with Gasteiger partial charge in [-0.1, -0.05) is 23.2 Å². The molecular weight excluding hydrogens is 432 g/mol. The summed E-state index contributed by atoms with van der Waals surface area (Å²) in [4.78, 5) is 24.3. The molecule has 0 aliphatic heterocycles. The van der Waals surface area contributed by atoms with E-state index in [0.29, 0.717) is 14.7 Å². The normalized spacial score (nSPS) is 11.2. The molecule has 0 bridgehead atoms. The summed E-state index contributed by atoms with van der Waals surface area (Å²) in [6.07, 6.45) is -4.12. The van der Waals surface area contributed by atoms with E-state index in [1.807, 2.05) is 10.9 Å². The molecule has 0 radical (unpaired) electrons. The van der Waals surface area contributed by atoms with Crippen molar-refractivity contribution in [3.05, 3.63) is 81.6 Å². The van der Waals surface area contributed by atoms with Gasteiger partial charge in [-0.25, -0.2) is 4.68 Å². The van der Waals surface area contributed by atoms with E-state index in [-0.39, 0.29) is 11.3 Å². The molecule has 6 nitrogen and oxygen atoms in total. The number of carbonyl (C=O) groups is 2. The highest BCUT2D eigenvalue weighted by molar-refractivity contribution is 6.30. The Morgan fingerprint density at radius 1 is 0.862 bits per heavy atom. The van der Waals surface area contributed by atoms with Gasteiger partial charge in [0, 0.05) is 15.6 Å². The summed E-state index contributed by atoms with van der Waals surface area (Å²) in [5.74, 6) is -1.91. The third-order valence-electron chi connectivity index (χ3n) is 3.75. The SMILES string of the molecule is O=C(NNC(=O)c1cnn(-c2ccc(Cl)cc2)c1C(F)(F)F)c1ccc(Cl)cc1. The van der Waals surface area contributed by atoms with Crippen LogP contribution in [0.15, 0.2) is 54.7 Å². The number of aromatic nitrogens is 2. The lowest BCUT2D eigenvalue weighted by atomic mass is 10.2. The van der Waals surface area contributed by atoms with E-state index < -0.39 is 29.2 Å². The Hall–Kier alpha value is -3.04. The number of hydrazine groups is 1. The first kappa shape index (κ1) is 20.7. The van der Waals surface area contributed by atoms with Crippen molar-refractivity contribution >= 4 is 35.0 Å². The van der Waals surface area contributed by atoms with Crippen LogP contribution in [0.25, 0.3) is 5.69 Å². The van der Waals surface area contributed by atoms with Gasteiger partial charge in [0.1, 0.15) is 0 Å². The number of benzene rings is 2. The van der Waals surface area contributed by atoms with E-state index in [1.165, 1.54) is 48.5 Å². The molecule has 29 heavy (non-hydrogen) atoms. The average molecular weight is 443 g/mol. The number of nitrogens with zero attached hydrogens (tertiary/aromatic N) is 2. The van der Waals surface area contributed by atoms with Crippen LogP contribution in [-0.2, 0) is 6.18 Å². The number of nitrogens with one attached hydrogen (secondary N) is 2. The molecule has 0 unspecified atom stereocenters. The summed E-state index contributed by atoms with van der Waals surface area (Å²) in [5, 5.41) is 4.39. The van der Waals surface area contributed by atoms with Crippen molar-refractivity contribution in [2.45, 2.75) is 6.18 Å². The van der Waals surface area contributed by atoms with Crippen LogP contribution in [0.5, 0.6) is 0 Å². The maximum Gasteiger partial charge on any atom is 0.434 e. The molecule has 3 rings (SSSR count). The first-order valence-corrected chi connectivity index (χ1v) is 8.70. The molecule has 0 aliphatic carbocycles. The first-order valence-electron chi connectivity index (χ1n) is 7.94. The van der Waals surface area contributed by atoms with Gasteiger partial charge in [-0.15, -0.1) is 0 Å². The van der Waals surface area contributed by atoms with E-state index in [2.05, 4.69) is 5.10 Å². The molecule has 0 spiro atoms. The third-order valence-corrected chi connectivity index (χ3v) is 4.25. The number of amides is 2. The Kier molecular flexibility index (Phi) is 5.81. The molecule has 11 heteroatoms. The molecule has 1 aromatic heterocycles. The second-order valence-electron chi connectivity index (χ2n) is 5.71. The zero-order valence-corrected chi connectivity index (χ0v) is 15.8. The van der Waals surface area contributed by atoms with Gasteiger partial charge in [-0.2, -0.15) is 18.3 Å². The fourth-order valence-electron chi connectivity index (χ4n) is 2.42. The van der Waals surface area contributed by atoms with E-state index in [1.54, 1.807) is 0 Å². The van der Waals surface area contributed by atoms with Gasteiger partial charge in [0.2, 0.25) is 0 Å². The molecule has 2 aromatic carbocycles. The minimum Gasteiger partial charge on any atom is -0.267 e. The number of alkyl halides is 3. The van der Waals surface area contributed by atoms with Gasteiger partial charge in [0.05, 0.1) is 17.4 Å². The predicted octanol–water partition coefficient (Wildman–Crippen LogP) is 4.27. The lowest BCUT2D eigenvalue weighted by Crippen LogP contribution is -2.42. The van der Waals surface area contributed by atoms with E-state index in [9.17, 15) is 22.8 Å². The predicted molar refractivity (Wildman–Crippen MR) is 100.0 cm³/mol. The van der Waals surface area contributed by atoms with Crippen molar-refractivity contribution in [1.29, 1.82) is 0 Å². The van der Waals surface area contributed by atoms with Crippen LogP contribution in [0.2, 0.25) is 10.0 Å². The van der Waals surface area contributed by atoms with E-state index >= 15 is 0 Å². The average Bonchev–Trinajstić information content (AvgIpc) is 3.13. The van der Waals surface area contributed by atoms with Crippen LogP contribution in [0.4, 0.5) is 13.2 Å². The Morgan fingerprint density at radius 2 is 1.38 bits per heavy atom. The summed E-state index contributed by atoms with van der Waals surface area (Å²) in [7, 11) is 0. The summed E-state index contributed by atoms with van der Waals surface area (Å²) in [6, 6.07) is 11.1. The van der Waals surface area contributed by atoms with Gasteiger partial charge in [0.15, 0.2) is 5.69 Å². The molecule has 0 fully saturated rings. The molecule has 3 aromatic rings. The van der Waals surface area contributed by atoms with Crippen LogP contribution in [0, 0.1) is 0 Å². The van der Waals surface area contributed by atoms with Crippen molar-refractivity contribution in [1.82, 2.24) is 20.6 Å². The maximum atomic E-state index is 13.6. The van der Waals surface area contributed by atoms with Crippen LogP contribution in [0.1, 0.15) is 26.4 Å². The Bertz CT molecular complexity index is 1050. The Balaban J connectivity index is 1.84. The van der Waals surface area contributed by atoms with Crippen LogP contribution in [-0.4, -0.2) is 21.6 Å². The Labute approximate surface area is 172 Å². The van der Waals surface area contributed by atoms with Gasteiger partial charge in [-0.05, 0) is 48.5 Å². The zero-order chi connectivity index (χ0) is 21.2. The standard InChI is InChI=1S/C18H11Cl2F3N4O2/c19-11-3-1-10(2-4-11)16(28)25-26-17(29)14-9-24-27(15(14)18(21,22)23)13-7-5-12(20)6-8-13/h1-9H,(H,25,28)(H,26,29). The lowest BCUT2D eigenvalue weighted by Gasteiger charge is -2.13. The van der Waals surface area contributed by atoms with Gasteiger partial charge in [0.25, 0.3) is 11.8 Å². The highest BCUT2D eigenvalue weighted by atomic mass is 35.5. The molecule has 2 N–H and O–H groups in total. The number of carbonyl (C=O) groups excluding carboxylic acids is 2. The minimum absolute atomic E-state index is 0.0611. The minimum atomic E-state index is -4.89. The summed E-state index contributed by atoms with van der Waals surface area (Å²) in [5.41, 5.74) is 2.16. The lowest BCUT2D eigenvalue weighted by molar-refractivity contribution is -0.143. The number of halogens is 5. The monoisotopic (exact) mass is 442 g/mol. The first-order chi connectivity index (χ1) is 13.7. The van der Waals surface area contributed by atoms with Crippen molar-refractivity contribution in [2.24, 2.45) is 0 Å². The maximum absolute atomic E-state index is 13.6. The molecule has 0 saturated heterocycles. The zero-order valence-electron chi connectivity index (χ0n) is 14.3. The van der Waals surface area contributed by atoms with Crippen LogP contribution < -0.4 is 10.9 Å².